The van der Waals surface area contributed by atoms with E-state index in [4.69, 9.17) is 27.9 Å². The first-order chi connectivity index (χ1) is 14.0. The summed E-state index contributed by atoms with van der Waals surface area (Å²) in [6.07, 6.45) is 0.683. The summed E-state index contributed by atoms with van der Waals surface area (Å²) in [4.78, 5) is 24.2. The van der Waals surface area contributed by atoms with Gasteiger partial charge in [0.1, 0.15) is 5.75 Å². The second-order valence-corrected chi connectivity index (χ2v) is 6.95. The molecule has 0 spiro atoms. The van der Waals surface area contributed by atoms with Crippen molar-refractivity contribution in [2.24, 2.45) is 0 Å². The van der Waals surface area contributed by atoms with Crippen molar-refractivity contribution in [2.75, 3.05) is 6.61 Å². The summed E-state index contributed by atoms with van der Waals surface area (Å²) < 4.78 is 5.64. The molecular formula is C22H18Cl2N2O3. The number of hydrazine groups is 1. The standard InChI is InChI=1S/C22H18Cl2N2O3/c23-18-11-6-10-17(21(18)24)22(28)26-25-20(27)14-29-19-12-5-4-9-16(19)13-15-7-2-1-3-8-15/h1-12H,13-14H2,(H,25,27)(H,26,28). The van der Waals surface area contributed by atoms with E-state index in [0.717, 1.165) is 11.1 Å². The molecule has 0 aliphatic heterocycles. The average Bonchev–Trinajstić information content (AvgIpc) is 2.74. The van der Waals surface area contributed by atoms with Crippen LogP contribution in [0.3, 0.4) is 0 Å². The maximum atomic E-state index is 12.1. The number of halogens is 2. The van der Waals surface area contributed by atoms with E-state index in [2.05, 4.69) is 10.9 Å². The zero-order chi connectivity index (χ0) is 20.6. The highest BCUT2D eigenvalue weighted by Crippen LogP contribution is 2.25. The van der Waals surface area contributed by atoms with E-state index in [1.54, 1.807) is 18.2 Å². The molecule has 2 amide bonds. The Balaban J connectivity index is 1.55. The van der Waals surface area contributed by atoms with Crippen LogP contribution in [0.15, 0.2) is 72.8 Å². The van der Waals surface area contributed by atoms with Crippen LogP contribution in [0.5, 0.6) is 5.75 Å². The zero-order valence-electron chi connectivity index (χ0n) is 15.3. The van der Waals surface area contributed by atoms with Crippen LogP contribution >= 0.6 is 23.2 Å². The molecule has 3 aromatic rings. The second-order valence-electron chi connectivity index (χ2n) is 6.16. The van der Waals surface area contributed by atoms with Crippen molar-refractivity contribution < 1.29 is 14.3 Å². The lowest BCUT2D eigenvalue weighted by Gasteiger charge is -2.12. The predicted molar refractivity (Wildman–Crippen MR) is 113 cm³/mol. The van der Waals surface area contributed by atoms with Gasteiger partial charge in [0.15, 0.2) is 6.61 Å². The van der Waals surface area contributed by atoms with E-state index in [1.165, 1.54) is 6.07 Å². The van der Waals surface area contributed by atoms with Crippen LogP contribution in [-0.4, -0.2) is 18.4 Å². The molecule has 0 heterocycles. The highest BCUT2D eigenvalue weighted by Gasteiger charge is 2.14. The number of para-hydroxylation sites is 1. The average molecular weight is 429 g/mol. The van der Waals surface area contributed by atoms with Gasteiger partial charge in [-0.2, -0.15) is 0 Å². The first-order valence-corrected chi connectivity index (χ1v) is 9.58. The van der Waals surface area contributed by atoms with Crippen LogP contribution in [0.2, 0.25) is 10.0 Å². The summed E-state index contributed by atoms with van der Waals surface area (Å²) in [6, 6.07) is 22.1. The summed E-state index contributed by atoms with van der Waals surface area (Å²) in [5, 5.41) is 0.371. The third-order valence-electron chi connectivity index (χ3n) is 4.08. The van der Waals surface area contributed by atoms with Crippen molar-refractivity contribution in [2.45, 2.75) is 6.42 Å². The number of ether oxygens (including phenoxy) is 1. The number of amides is 2. The Morgan fingerprint density at radius 2 is 1.55 bits per heavy atom. The van der Waals surface area contributed by atoms with E-state index < -0.39 is 11.8 Å². The smallest absolute Gasteiger partial charge is 0.276 e. The maximum Gasteiger partial charge on any atom is 0.276 e. The molecule has 0 radical (unpaired) electrons. The number of nitrogens with one attached hydrogen (secondary N) is 2. The molecule has 0 bridgehead atoms. The SMILES string of the molecule is O=C(COc1ccccc1Cc1ccccc1)NNC(=O)c1cccc(Cl)c1Cl. The molecule has 2 N–H and O–H groups in total. The number of hydrogen-bond donors (Lipinski definition) is 2. The molecule has 0 saturated heterocycles. The molecule has 0 aliphatic carbocycles. The summed E-state index contributed by atoms with van der Waals surface area (Å²) in [7, 11) is 0. The highest BCUT2D eigenvalue weighted by atomic mass is 35.5. The van der Waals surface area contributed by atoms with Crippen LogP contribution in [0.1, 0.15) is 21.5 Å². The Hall–Kier alpha value is -3.02. The lowest BCUT2D eigenvalue weighted by Crippen LogP contribution is -2.44. The number of benzene rings is 3. The second kappa shape index (κ2) is 9.96. The molecular weight excluding hydrogens is 411 g/mol. The Morgan fingerprint density at radius 3 is 2.34 bits per heavy atom. The van der Waals surface area contributed by atoms with Gasteiger partial charge in [-0.15, -0.1) is 0 Å². The predicted octanol–water partition coefficient (Wildman–Crippen LogP) is 4.42. The lowest BCUT2D eigenvalue weighted by atomic mass is 10.0. The third kappa shape index (κ3) is 5.73. The van der Waals surface area contributed by atoms with Crippen LogP contribution in [-0.2, 0) is 11.2 Å². The van der Waals surface area contributed by atoms with Crippen molar-refractivity contribution in [1.29, 1.82) is 0 Å². The Kier molecular flexibility index (Phi) is 7.11. The van der Waals surface area contributed by atoms with Gasteiger partial charge < -0.3 is 4.74 Å². The van der Waals surface area contributed by atoms with Crippen LogP contribution in [0.4, 0.5) is 0 Å². The van der Waals surface area contributed by atoms with Gasteiger partial charge in [-0.1, -0.05) is 77.8 Å². The molecule has 3 aromatic carbocycles. The zero-order valence-corrected chi connectivity index (χ0v) is 16.8. The largest absolute Gasteiger partial charge is 0.483 e. The van der Waals surface area contributed by atoms with Crippen molar-refractivity contribution in [1.82, 2.24) is 10.9 Å². The molecule has 3 rings (SSSR count). The molecule has 148 valence electrons. The molecule has 0 saturated carbocycles. The lowest BCUT2D eigenvalue weighted by molar-refractivity contribution is -0.123. The van der Waals surface area contributed by atoms with Gasteiger partial charge in [0.2, 0.25) is 0 Å². The van der Waals surface area contributed by atoms with Crippen LogP contribution in [0.25, 0.3) is 0 Å². The van der Waals surface area contributed by atoms with E-state index in [0.29, 0.717) is 12.2 Å². The van der Waals surface area contributed by atoms with Crippen LogP contribution < -0.4 is 15.6 Å². The van der Waals surface area contributed by atoms with Crippen molar-refractivity contribution in [3.05, 3.63) is 99.5 Å². The third-order valence-corrected chi connectivity index (χ3v) is 4.90. The summed E-state index contributed by atoms with van der Waals surface area (Å²) in [5.74, 6) is -0.475. The summed E-state index contributed by atoms with van der Waals surface area (Å²) in [5.41, 5.74) is 6.86. The number of hydrogen-bond acceptors (Lipinski definition) is 3. The van der Waals surface area contributed by atoms with Gasteiger partial charge in [-0.25, -0.2) is 0 Å². The quantitative estimate of drug-likeness (QED) is 0.570. The number of carbonyl (C=O) groups excluding carboxylic acids is 2. The van der Waals surface area contributed by atoms with Gasteiger partial charge in [0, 0.05) is 6.42 Å². The fourth-order valence-corrected chi connectivity index (χ4v) is 3.05. The molecule has 29 heavy (non-hydrogen) atoms. The summed E-state index contributed by atoms with van der Waals surface area (Å²) >= 11 is 11.9. The molecule has 0 aliphatic rings. The van der Waals surface area contributed by atoms with Crippen molar-refractivity contribution in [3.8, 4) is 5.75 Å². The number of rotatable bonds is 6. The Labute approximate surface area is 178 Å². The van der Waals surface area contributed by atoms with Gasteiger partial charge in [-0.3, -0.25) is 20.4 Å². The maximum absolute atomic E-state index is 12.1. The first-order valence-electron chi connectivity index (χ1n) is 8.82. The first kappa shape index (κ1) is 20.7. The number of carbonyl (C=O) groups is 2. The normalized spacial score (nSPS) is 10.3. The van der Waals surface area contributed by atoms with Crippen molar-refractivity contribution in [3.63, 3.8) is 0 Å². The van der Waals surface area contributed by atoms with E-state index in [9.17, 15) is 9.59 Å². The van der Waals surface area contributed by atoms with Gasteiger partial charge in [0.05, 0.1) is 15.6 Å². The van der Waals surface area contributed by atoms with E-state index >= 15 is 0 Å². The van der Waals surface area contributed by atoms with Gasteiger partial charge >= 0.3 is 0 Å². The Bertz CT molecular complexity index is 1010. The molecule has 0 atom stereocenters. The molecule has 0 aromatic heterocycles. The van der Waals surface area contributed by atoms with Gasteiger partial charge in [-0.05, 0) is 29.3 Å². The topological polar surface area (TPSA) is 67.4 Å². The minimum atomic E-state index is -0.574. The molecule has 0 unspecified atom stereocenters. The molecule has 7 heteroatoms. The van der Waals surface area contributed by atoms with Gasteiger partial charge in [0.25, 0.3) is 11.8 Å². The van der Waals surface area contributed by atoms with E-state index in [-0.39, 0.29) is 22.2 Å². The highest BCUT2D eigenvalue weighted by molar-refractivity contribution is 6.43. The molecule has 5 nitrogen and oxygen atoms in total. The fourth-order valence-electron chi connectivity index (χ4n) is 2.66. The van der Waals surface area contributed by atoms with Crippen molar-refractivity contribution >= 4 is 35.0 Å². The molecule has 0 fully saturated rings. The van der Waals surface area contributed by atoms with Crippen LogP contribution in [0, 0.1) is 0 Å². The summed E-state index contributed by atoms with van der Waals surface area (Å²) in [6.45, 7) is -0.255. The Morgan fingerprint density at radius 1 is 0.828 bits per heavy atom. The monoisotopic (exact) mass is 428 g/mol. The minimum Gasteiger partial charge on any atom is -0.483 e. The fraction of sp³-hybridized carbons (Fsp3) is 0.0909. The van der Waals surface area contributed by atoms with E-state index in [1.807, 2.05) is 48.5 Å². The minimum absolute atomic E-state index is 0.118.